The minimum atomic E-state index is -3.37. The van der Waals surface area contributed by atoms with Crippen molar-refractivity contribution < 1.29 is 17.9 Å². The first-order valence-corrected chi connectivity index (χ1v) is 8.57. The van der Waals surface area contributed by atoms with Gasteiger partial charge < -0.3 is 10.1 Å². The van der Waals surface area contributed by atoms with Gasteiger partial charge in [-0.25, -0.2) is 8.42 Å². The highest BCUT2D eigenvalue weighted by Crippen LogP contribution is 2.16. The van der Waals surface area contributed by atoms with Gasteiger partial charge in [0.05, 0.1) is 19.9 Å². The number of carbonyl (C=O) groups excluding carboxylic acids is 1. The van der Waals surface area contributed by atoms with E-state index in [1.54, 1.807) is 13.2 Å². The molecule has 7 heteroatoms. The molecule has 0 saturated carbocycles. The SMILES string of the molecule is CCCN(CC(=O)NCc1ccccc1OC)S(C)(=O)=O. The van der Waals surface area contributed by atoms with E-state index < -0.39 is 10.0 Å². The molecule has 0 radical (unpaired) electrons. The first kappa shape index (κ1) is 17.5. The lowest BCUT2D eigenvalue weighted by Gasteiger charge is -2.18. The second-order valence-electron chi connectivity index (χ2n) is 4.69. The van der Waals surface area contributed by atoms with Crippen LogP contribution < -0.4 is 10.1 Å². The van der Waals surface area contributed by atoms with Crippen LogP contribution in [0.2, 0.25) is 0 Å². The molecule has 0 aliphatic rings. The number of hydrogen-bond donors (Lipinski definition) is 1. The Bertz CT molecular complexity index is 572. The normalized spacial score (nSPS) is 11.4. The molecule has 0 atom stereocenters. The number of para-hydroxylation sites is 1. The molecule has 6 nitrogen and oxygen atoms in total. The Morgan fingerprint density at radius 1 is 1.33 bits per heavy atom. The van der Waals surface area contributed by atoms with Crippen molar-refractivity contribution in [3.8, 4) is 5.75 Å². The van der Waals surface area contributed by atoms with E-state index in [4.69, 9.17) is 4.74 Å². The summed E-state index contributed by atoms with van der Waals surface area (Å²) in [6.45, 7) is 2.33. The predicted octanol–water partition coefficient (Wildman–Crippen LogP) is 0.983. The topological polar surface area (TPSA) is 75.7 Å². The lowest BCUT2D eigenvalue weighted by atomic mass is 10.2. The Balaban J connectivity index is 2.61. The van der Waals surface area contributed by atoms with Gasteiger partial charge in [0, 0.05) is 18.7 Å². The number of methoxy groups -OCH3 is 1. The van der Waals surface area contributed by atoms with Crippen LogP contribution in [0.15, 0.2) is 24.3 Å². The van der Waals surface area contributed by atoms with Crippen LogP contribution in [-0.2, 0) is 21.4 Å². The summed E-state index contributed by atoms with van der Waals surface area (Å²) in [5, 5.41) is 2.71. The third-order valence-electron chi connectivity index (χ3n) is 2.93. The molecule has 118 valence electrons. The molecule has 1 amide bonds. The van der Waals surface area contributed by atoms with E-state index in [-0.39, 0.29) is 12.5 Å². The average Bonchev–Trinajstić information content (AvgIpc) is 2.44. The van der Waals surface area contributed by atoms with E-state index in [0.29, 0.717) is 25.3 Å². The van der Waals surface area contributed by atoms with Gasteiger partial charge in [-0.05, 0) is 12.5 Å². The Morgan fingerprint density at radius 3 is 2.57 bits per heavy atom. The summed E-state index contributed by atoms with van der Waals surface area (Å²) in [5.41, 5.74) is 0.842. The molecule has 0 fully saturated rings. The van der Waals surface area contributed by atoms with E-state index in [1.165, 1.54) is 4.31 Å². The largest absolute Gasteiger partial charge is 0.496 e. The van der Waals surface area contributed by atoms with Gasteiger partial charge in [-0.15, -0.1) is 0 Å². The van der Waals surface area contributed by atoms with Crippen LogP contribution in [0.4, 0.5) is 0 Å². The number of nitrogens with one attached hydrogen (secondary N) is 1. The van der Waals surface area contributed by atoms with Gasteiger partial charge in [-0.2, -0.15) is 4.31 Å². The fourth-order valence-corrected chi connectivity index (χ4v) is 2.74. The molecular weight excluding hydrogens is 292 g/mol. The first-order valence-electron chi connectivity index (χ1n) is 6.72. The highest BCUT2D eigenvalue weighted by Gasteiger charge is 2.19. The zero-order chi connectivity index (χ0) is 15.9. The second-order valence-corrected chi connectivity index (χ2v) is 6.67. The van der Waals surface area contributed by atoms with Crippen molar-refractivity contribution in [3.63, 3.8) is 0 Å². The molecule has 0 aliphatic heterocycles. The fourth-order valence-electron chi connectivity index (χ4n) is 1.87. The molecule has 1 aromatic rings. The molecule has 0 aliphatic carbocycles. The van der Waals surface area contributed by atoms with Crippen LogP contribution in [0.5, 0.6) is 5.75 Å². The molecule has 1 N–H and O–H groups in total. The van der Waals surface area contributed by atoms with Crippen LogP contribution >= 0.6 is 0 Å². The van der Waals surface area contributed by atoms with Gasteiger partial charge in [0.15, 0.2) is 0 Å². The van der Waals surface area contributed by atoms with Gasteiger partial charge in [0.1, 0.15) is 5.75 Å². The summed E-state index contributed by atoms with van der Waals surface area (Å²) in [6, 6.07) is 7.35. The van der Waals surface area contributed by atoms with Crippen LogP contribution in [0.25, 0.3) is 0 Å². The van der Waals surface area contributed by atoms with Gasteiger partial charge in [-0.1, -0.05) is 25.1 Å². The molecule has 21 heavy (non-hydrogen) atoms. The van der Waals surface area contributed by atoms with Gasteiger partial charge in [0.2, 0.25) is 15.9 Å². The molecular formula is C14H22N2O4S. The zero-order valence-corrected chi connectivity index (χ0v) is 13.4. The summed E-state index contributed by atoms with van der Waals surface area (Å²) in [7, 11) is -1.81. The monoisotopic (exact) mass is 314 g/mol. The lowest BCUT2D eigenvalue weighted by molar-refractivity contribution is -0.121. The lowest BCUT2D eigenvalue weighted by Crippen LogP contribution is -2.40. The third kappa shape index (κ3) is 5.73. The van der Waals surface area contributed by atoms with Crippen molar-refractivity contribution in [1.82, 2.24) is 9.62 Å². The van der Waals surface area contributed by atoms with Crippen molar-refractivity contribution >= 4 is 15.9 Å². The summed E-state index contributed by atoms with van der Waals surface area (Å²) < 4.78 is 29.5. The van der Waals surface area contributed by atoms with Crippen LogP contribution in [0.1, 0.15) is 18.9 Å². The van der Waals surface area contributed by atoms with Gasteiger partial charge in [-0.3, -0.25) is 4.79 Å². The quantitative estimate of drug-likeness (QED) is 0.776. The standard InChI is InChI=1S/C14H22N2O4S/c1-4-9-16(21(3,18)19)11-14(17)15-10-12-7-5-6-8-13(12)20-2/h5-8H,4,9-11H2,1-3H3,(H,15,17). The van der Waals surface area contributed by atoms with Gasteiger partial charge in [0.25, 0.3) is 0 Å². The summed E-state index contributed by atoms with van der Waals surface area (Å²) in [4.78, 5) is 11.9. The van der Waals surface area contributed by atoms with Crippen molar-refractivity contribution in [2.75, 3.05) is 26.5 Å². The molecule has 1 aromatic carbocycles. The molecule has 0 heterocycles. The third-order valence-corrected chi connectivity index (χ3v) is 4.18. The molecule has 0 unspecified atom stereocenters. The van der Waals surface area contributed by atoms with E-state index in [0.717, 1.165) is 11.8 Å². The number of benzene rings is 1. The van der Waals surface area contributed by atoms with E-state index in [1.807, 2.05) is 25.1 Å². The van der Waals surface area contributed by atoms with E-state index >= 15 is 0 Å². The molecule has 1 rings (SSSR count). The van der Waals surface area contributed by atoms with Crippen molar-refractivity contribution in [3.05, 3.63) is 29.8 Å². The van der Waals surface area contributed by atoms with Crippen molar-refractivity contribution in [2.24, 2.45) is 0 Å². The Labute approximate surface area is 126 Å². The maximum atomic E-state index is 11.9. The molecule has 0 saturated heterocycles. The maximum absolute atomic E-state index is 11.9. The Morgan fingerprint density at radius 2 is 2.00 bits per heavy atom. The van der Waals surface area contributed by atoms with Crippen molar-refractivity contribution in [2.45, 2.75) is 19.9 Å². The van der Waals surface area contributed by atoms with Crippen LogP contribution in [0, 0.1) is 0 Å². The predicted molar refractivity (Wildman–Crippen MR) is 81.5 cm³/mol. The zero-order valence-electron chi connectivity index (χ0n) is 12.6. The van der Waals surface area contributed by atoms with Crippen LogP contribution in [-0.4, -0.2) is 45.1 Å². The highest BCUT2D eigenvalue weighted by atomic mass is 32.2. The number of rotatable bonds is 8. The molecule has 0 spiro atoms. The maximum Gasteiger partial charge on any atom is 0.235 e. The fraction of sp³-hybridized carbons (Fsp3) is 0.500. The minimum absolute atomic E-state index is 0.165. The van der Waals surface area contributed by atoms with Crippen LogP contribution in [0.3, 0.4) is 0 Å². The van der Waals surface area contributed by atoms with Gasteiger partial charge >= 0.3 is 0 Å². The number of nitrogens with zero attached hydrogens (tertiary/aromatic N) is 1. The van der Waals surface area contributed by atoms with E-state index in [2.05, 4.69) is 5.32 Å². The number of sulfonamides is 1. The molecule has 0 bridgehead atoms. The number of carbonyl (C=O) groups is 1. The minimum Gasteiger partial charge on any atom is -0.496 e. The van der Waals surface area contributed by atoms with Crippen molar-refractivity contribution in [1.29, 1.82) is 0 Å². The Kier molecular flexibility index (Phi) is 6.64. The van der Waals surface area contributed by atoms with E-state index in [9.17, 15) is 13.2 Å². The number of hydrogen-bond acceptors (Lipinski definition) is 4. The number of amides is 1. The second kappa shape index (κ2) is 7.99. The number of ether oxygens (including phenoxy) is 1. The molecule has 0 aromatic heterocycles. The summed E-state index contributed by atoms with van der Waals surface area (Å²) >= 11 is 0. The Hall–Kier alpha value is -1.60. The smallest absolute Gasteiger partial charge is 0.235 e. The highest BCUT2D eigenvalue weighted by molar-refractivity contribution is 7.88. The first-order chi connectivity index (χ1) is 9.88. The summed E-state index contributed by atoms with van der Waals surface area (Å²) in [6.07, 6.45) is 1.77. The average molecular weight is 314 g/mol. The summed E-state index contributed by atoms with van der Waals surface area (Å²) in [5.74, 6) is 0.353.